The van der Waals surface area contributed by atoms with Crippen LogP contribution in [0.2, 0.25) is 0 Å². The average molecular weight is 323 g/mol. The summed E-state index contributed by atoms with van der Waals surface area (Å²) >= 11 is 0. The molecule has 0 aromatic carbocycles. The van der Waals surface area contributed by atoms with Crippen molar-refractivity contribution in [2.45, 2.75) is 58.8 Å². The predicted octanol–water partition coefficient (Wildman–Crippen LogP) is 5.07. The molecule has 128 valence electrons. The van der Waals surface area contributed by atoms with E-state index in [1.807, 2.05) is 6.08 Å². The van der Waals surface area contributed by atoms with Gasteiger partial charge in [0.15, 0.2) is 5.78 Å². The largest absolute Gasteiger partial charge is 0.295 e. The van der Waals surface area contributed by atoms with Crippen LogP contribution in [0, 0.1) is 51.8 Å². The molecule has 4 aliphatic carbocycles. The van der Waals surface area contributed by atoms with E-state index in [-0.39, 0.29) is 10.8 Å². The maximum Gasteiger partial charge on any atom is 0.155 e. The third kappa shape index (κ3) is 1.97. The molecule has 2 nitrogen and oxygen atoms in total. The number of ketones is 1. The maximum absolute atomic E-state index is 11.9. The van der Waals surface area contributed by atoms with Gasteiger partial charge in [0.1, 0.15) is 0 Å². The van der Waals surface area contributed by atoms with Gasteiger partial charge in [-0.25, -0.2) is 0 Å². The zero-order valence-corrected chi connectivity index (χ0v) is 15.1. The lowest BCUT2D eigenvalue weighted by atomic mass is 9.47. The summed E-state index contributed by atoms with van der Waals surface area (Å²) in [6.45, 7) is 8.74. The molecule has 2 heteroatoms. The van der Waals surface area contributed by atoms with Crippen molar-refractivity contribution in [2.75, 3.05) is 0 Å². The molecule has 0 saturated heterocycles. The molecule has 0 aliphatic heterocycles. The van der Waals surface area contributed by atoms with Crippen molar-refractivity contribution in [2.24, 2.45) is 40.4 Å². The standard InChI is InChI=1S/C22H29NO/c1-4-14-11-15-12-16(24)5-6-17(15)18-7-10-22(3)19(20(14)18)8-9-21(22,2)13-23/h4,12,14,17-20H,1,5-11H2,2-3H3/t14-,17+,18-,19+,20-,21-,22+/m1/s1. The van der Waals surface area contributed by atoms with Gasteiger partial charge in [-0.2, -0.15) is 5.26 Å². The Labute approximate surface area is 146 Å². The Balaban J connectivity index is 1.73. The number of hydrogen-bond donors (Lipinski definition) is 0. The first-order valence-corrected chi connectivity index (χ1v) is 9.70. The molecule has 0 bridgehead atoms. The number of nitrogens with zero attached hydrogens (tertiary/aromatic N) is 1. The number of nitriles is 1. The van der Waals surface area contributed by atoms with E-state index in [2.05, 4.69) is 32.6 Å². The molecule has 0 aromatic rings. The molecule has 24 heavy (non-hydrogen) atoms. The lowest BCUT2D eigenvalue weighted by Gasteiger charge is -2.57. The third-order valence-corrected chi connectivity index (χ3v) is 8.55. The second-order valence-corrected chi connectivity index (χ2v) is 9.22. The van der Waals surface area contributed by atoms with Crippen LogP contribution in [0.25, 0.3) is 0 Å². The van der Waals surface area contributed by atoms with Crippen molar-refractivity contribution < 1.29 is 4.79 Å². The van der Waals surface area contributed by atoms with Gasteiger partial charge in [0.05, 0.1) is 11.5 Å². The Morgan fingerprint density at radius 3 is 2.79 bits per heavy atom. The summed E-state index contributed by atoms with van der Waals surface area (Å²) in [5.74, 6) is 3.41. The van der Waals surface area contributed by atoms with E-state index in [1.54, 1.807) is 0 Å². The number of carbonyl (C=O) groups excluding carboxylic acids is 1. The Bertz CT molecular complexity index is 655. The van der Waals surface area contributed by atoms with Crippen molar-refractivity contribution >= 4 is 5.78 Å². The van der Waals surface area contributed by atoms with E-state index < -0.39 is 0 Å². The molecule has 0 aromatic heterocycles. The van der Waals surface area contributed by atoms with Crippen LogP contribution in [-0.4, -0.2) is 5.78 Å². The Morgan fingerprint density at radius 2 is 2.08 bits per heavy atom. The maximum atomic E-state index is 11.9. The second kappa shape index (κ2) is 5.32. The monoisotopic (exact) mass is 323 g/mol. The highest BCUT2D eigenvalue weighted by molar-refractivity contribution is 5.91. The predicted molar refractivity (Wildman–Crippen MR) is 94.9 cm³/mol. The van der Waals surface area contributed by atoms with Gasteiger partial charge in [-0.05, 0) is 86.5 Å². The van der Waals surface area contributed by atoms with Crippen molar-refractivity contribution in [3.8, 4) is 6.07 Å². The Hall–Kier alpha value is -1.36. The number of rotatable bonds is 1. The Morgan fingerprint density at radius 1 is 1.29 bits per heavy atom. The van der Waals surface area contributed by atoms with E-state index in [9.17, 15) is 10.1 Å². The molecule has 0 radical (unpaired) electrons. The lowest BCUT2D eigenvalue weighted by molar-refractivity contribution is -0.116. The molecule has 4 aliphatic rings. The number of carbonyl (C=O) groups is 1. The highest BCUT2D eigenvalue weighted by atomic mass is 16.1. The van der Waals surface area contributed by atoms with Gasteiger partial charge in [-0.1, -0.05) is 18.6 Å². The number of allylic oxidation sites excluding steroid dienone is 2. The van der Waals surface area contributed by atoms with Gasteiger partial charge in [0, 0.05) is 6.42 Å². The lowest BCUT2D eigenvalue weighted by Crippen LogP contribution is -2.51. The van der Waals surface area contributed by atoms with E-state index in [4.69, 9.17) is 0 Å². The smallest absolute Gasteiger partial charge is 0.155 e. The van der Waals surface area contributed by atoms with Crippen LogP contribution in [-0.2, 0) is 4.79 Å². The first-order valence-electron chi connectivity index (χ1n) is 9.70. The van der Waals surface area contributed by atoms with Crippen molar-refractivity contribution in [3.63, 3.8) is 0 Å². The normalized spacial score (nSPS) is 50.1. The van der Waals surface area contributed by atoms with Crippen LogP contribution in [0.15, 0.2) is 24.3 Å². The summed E-state index contributed by atoms with van der Waals surface area (Å²) in [5, 5.41) is 9.85. The van der Waals surface area contributed by atoms with E-state index >= 15 is 0 Å². The SMILES string of the molecule is C=C[C@@H]1CC2=CC(=O)CC[C@@H]2[C@H]2CC[C@@]3(C)[C@@H](CC[C@]3(C)C#N)[C@@H]21. The fourth-order valence-electron chi connectivity index (χ4n) is 6.98. The van der Waals surface area contributed by atoms with Crippen LogP contribution in [0.5, 0.6) is 0 Å². The van der Waals surface area contributed by atoms with Crippen molar-refractivity contribution in [1.82, 2.24) is 0 Å². The molecule has 7 atom stereocenters. The van der Waals surface area contributed by atoms with Gasteiger partial charge < -0.3 is 0 Å². The highest BCUT2D eigenvalue weighted by Gasteiger charge is 2.62. The van der Waals surface area contributed by atoms with Gasteiger partial charge in [-0.3, -0.25) is 4.79 Å². The van der Waals surface area contributed by atoms with Crippen molar-refractivity contribution in [3.05, 3.63) is 24.3 Å². The summed E-state index contributed by atoms with van der Waals surface area (Å²) in [4.78, 5) is 11.9. The van der Waals surface area contributed by atoms with Gasteiger partial charge >= 0.3 is 0 Å². The molecule has 0 spiro atoms. The number of fused-ring (bicyclic) bond motifs is 5. The fourth-order valence-corrected chi connectivity index (χ4v) is 6.98. The van der Waals surface area contributed by atoms with Crippen LogP contribution in [0.3, 0.4) is 0 Å². The molecule has 0 unspecified atom stereocenters. The van der Waals surface area contributed by atoms with Crippen LogP contribution < -0.4 is 0 Å². The van der Waals surface area contributed by atoms with Crippen LogP contribution >= 0.6 is 0 Å². The van der Waals surface area contributed by atoms with Gasteiger partial charge in [0.2, 0.25) is 0 Å². The average Bonchev–Trinajstić information content (AvgIpc) is 2.85. The minimum Gasteiger partial charge on any atom is -0.295 e. The third-order valence-electron chi connectivity index (χ3n) is 8.55. The highest BCUT2D eigenvalue weighted by Crippen LogP contribution is 2.68. The minimum atomic E-state index is -0.174. The quantitative estimate of drug-likeness (QED) is 0.632. The first-order chi connectivity index (χ1) is 11.4. The molecule has 0 N–H and O–H groups in total. The first kappa shape index (κ1) is 16.1. The van der Waals surface area contributed by atoms with Crippen LogP contribution in [0.4, 0.5) is 0 Å². The van der Waals surface area contributed by atoms with Gasteiger partial charge in [-0.15, -0.1) is 6.58 Å². The summed E-state index contributed by atoms with van der Waals surface area (Å²) in [7, 11) is 0. The van der Waals surface area contributed by atoms with E-state index in [1.165, 1.54) is 24.8 Å². The summed E-state index contributed by atoms with van der Waals surface area (Å²) in [6, 6.07) is 2.69. The zero-order valence-electron chi connectivity index (χ0n) is 15.1. The molecule has 0 heterocycles. The summed E-state index contributed by atoms with van der Waals surface area (Å²) in [6.07, 6.45) is 11.5. The van der Waals surface area contributed by atoms with Crippen molar-refractivity contribution in [1.29, 1.82) is 5.26 Å². The van der Waals surface area contributed by atoms with E-state index in [0.29, 0.717) is 35.4 Å². The van der Waals surface area contributed by atoms with Crippen LogP contribution in [0.1, 0.15) is 58.8 Å². The zero-order chi connectivity index (χ0) is 17.1. The molecule has 3 saturated carbocycles. The molecular formula is C22H29NO. The molecular weight excluding hydrogens is 294 g/mol. The molecule has 3 fully saturated rings. The molecule has 4 rings (SSSR count). The Kier molecular flexibility index (Phi) is 3.57. The summed E-state index contributed by atoms with van der Waals surface area (Å²) in [5.41, 5.74) is 1.38. The summed E-state index contributed by atoms with van der Waals surface area (Å²) < 4.78 is 0. The topological polar surface area (TPSA) is 40.9 Å². The second-order valence-electron chi connectivity index (χ2n) is 9.22. The minimum absolute atomic E-state index is 0.149. The number of hydrogen-bond acceptors (Lipinski definition) is 2. The van der Waals surface area contributed by atoms with Gasteiger partial charge in [0.25, 0.3) is 0 Å². The van der Waals surface area contributed by atoms with E-state index in [0.717, 1.165) is 25.7 Å². The fraction of sp³-hybridized carbons (Fsp3) is 0.727. The molecule has 0 amide bonds.